The van der Waals surface area contributed by atoms with Gasteiger partial charge in [-0.3, -0.25) is 13.9 Å². The topological polar surface area (TPSA) is 145 Å². The number of ether oxygens (including phenoxy) is 4. The van der Waals surface area contributed by atoms with E-state index in [4.69, 9.17) is 18.9 Å². The summed E-state index contributed by atoms with van der Waals surface area (Å²) in [5.74, 6) is 0.213. The van der Waals surface area contributed by atoms with Crippen LogP contribution in [0.25, 0.3) is 0 Å². The highest BCUT2D eigenvalue weighted by Crippen LogP contribution is 2.32. The molecular weight excluding hydrogens is 588 g/mol. The van der Waals surface area contributed by atoms with Crippen molar-refractivity contribution >= 4 is 33.7 Å². The Morgan fingerprint density at radius 3 is 2.39 bits per heavy atom. The number of carbonyl (C=O) groups is 2. The molecule has 1 aliphatic rings. The second-order valence-corrected chi connectivity index (χ2v) is 11.8. The Bertz CT molecular complexity index is 1550. The molecule has 1 saturated heterocycles. The molecule has 12 nitrogen and oxygen atoms in total. The van der Waals surface area contributed by atoms with E-state index in [9.17, 15) is 18.0 Å². The molecule has 0 aromatic heterocycles. The summed E-state index contributed by atoms with van der Waals surface area (Å²) < 4.78 is 49.9. The van der Waals surface area contributed by atoms with E-state index in [1.807, 2.05) is 6.92 Å². The number of anilines is 1. The zero-order valence-corrected chi connectivity index (χ0v) is 25.6. The summed E-state index contributed by atoms with van der Waals surface area (Å²) in [4.78, 5) is 24.8. The van der Waals surface area contributed by atoms with Gasteiger partial charge in [-0.25, -0.2) is 13.8 Å². The highest BCUT2D eigenvalue weighted by atomic mass is 32.2. The number of carbonyl (C=O) groups excluding carboxylic acids is 2. The van der Waals surface area contributed by atoms with E-state index < -0.39 is 22.5 Å². The number of hydrogen-bond acceptors (Lipinski definition) is 9. The van der Waals surface area contributed by atoms with Crippen LogP contribution in [-0.2, 0) is 24.3 Å². The minimum atomic E-state index is -4.18. The first-order valence-corrected chi connectivity index (χ1v) is 15.4. The summed E-state index contributed by atoms with van der Waals surface area (Å²) in [5.41, 5.74) is 4.27. The molecule has 3 aromatic carbocycles. The molecule has 234 valence electrons. The fraction of sp³-hybridized carbons (Fsp3) is 0.323. The fourth-order valence-corrected chi connectivity index (χ4v) is 5.79. The summed E-state index contributed by atoms with van der Waals surface area (Å²) in [7, 11) is -1.33. The van der Waals surface area contributed by atoms with Gasteiger partial charge in [0.1, 0.15) is 12.3 Å². The van der Waals surface area contributed by atoms with Gasteiger partial charge in [0, 0.05) is 19.2 Å². The number of hydrazone groups is 1. The third-order valence-electron chi connectivity index (χ3n) is 6.76. The van der Waals surface area contributed by atoms with Crippen LogP contribution in [-0.4, -0.2) is 73.1 Å². The van der Waals surface area contributed by atoms with Crippen LogP contribution >= 0.6 is 0 Å². The quantitative estimate of drug-likeness (QED) is 0.206. The normalized spacial score (nSPS) is 14.7. The van der Waals surface area contributed by atoms with Gasteiger partial charge in [-0.15, -0.1) is 0 Å². The molecule has 44 heavy (non-hydrogen) atoms. The van der Waals surface area contributed by atoms with E-state index in [-0.39, 0.29) is 29.3 Å². The molecule has 0 unspecified atom stereocenters. The first-order valence-electron chi connectivity index (χ1n) is 13.9. The van der Waals surface area contributed by atoms with E-state index in [1.54, 1.807) is 48.5 Å². The minimum absolute atomic E-state index is 0.0608. The van der Waals surface area contributed by atoms with Crippen molar-refractivity contribution < 1.29 is 37.0 Å². The second-order valence-electron chi connectivity index (χ2n) is 9.95. The van der Waals surface area contributed by atoms with Gasteiger partial charge < -0.3 is 24.3 Å². The second kappa shape index (κ2) is 15.2. The lowest BCUT2D eigenvalue weighted by molar-refractivity contribution is -0.123. The number of methoxy groups -OCH3 is 2. The van der Waals surface area contributed by atoms with Crippen molar-refractivity contribution in [3.63, 3.8) is 0 Å². The van der Waals surface area contributed by atoms with E-state index in [0.717, 1.165) is 29.3 Å². The lowest BCUT2D eigenvalue weighted by atomic mass is 10.2. The molecule has 3 aromatic rings. The summed E-state index contributed by atoms with van der Waals surface area (Å²) in [6, 6.07) is 17.7. The van der Waals surface area contributed by atoms with Gasteiger partial charge in [-0.2, -0.15) is 5.10 Å². The lowest BCUT2D eigenvalue weighted by Crippen LogP contribution is -2.39. The lowest BCUT2D eigenvalue weighted by Gasteiger charge is -2.24. The standard InChI is InChI=1S/C31H36N4O8S/c1-22-6-10-24(11-7-22)35(44(38,39)27-14-15-28(40-2)29(17-27)41-3)20-30(36)34-33-18-23-8-12-25(13-9-23)43-21-31(37)32-19-26-5-4-16-42-26/h6-15,17-18,26H,4-5,16,19-21H2,1-3H3,(H,32,37)(H,34,36)/b33-18-/t26-/m0/s1. The molecular formula is C31H36N4O8S. The Labute approximate surface area is 257 Å². The fourth-order valence-electron chi connectivity index (χ4n) is 4.36. The van der Waals surface area contributed by atoms with Gasteiger partial charge >= 0.3 is 0 Å². The van der Waals surface area contributed by atoms with Crippen molar-refractivity contribution in [2.75, 3.05) is 44.8 Å². The van der Waals surface area contributed by atoms with Crippen LogP contribution in [0.3, 0.4) is 0 Å². The van der Waals surface area contributed by atoms with Gasteiger partial charge in [0.15, 0.2) is 18.1 Å². The number of benzene rings is 3. The molecule has 1 aliphatic heterocycles. The third-order valence-corrected chi connectivity index (χ3v) is 8.53. The Hall–Kier alpha value is -4.62. The monoisotopic (exact) mass is 624 g/mol. The first-order chi connectivity index (χ1) is 21.2. The Morgan fingerprint density at radius 1 is 1.00 bits per heavy atom. The highest BCUT2D eigenvalue weighted by molar-refractivity contribution is 7.92. The average molecular weight is 625 g/mol. The number of rotatable bonds is 14. The molecule has 2 N–H and O–H groups in total. The SMILES string of the molecule is COc1ccc(S(=O)(=O)N(CC(=O)N/N=C\c2ccc(OCC(=O)NC[C@@H]3CCCO3)cc2)c2ccc(C)cc2)cc1OC. The predicted octanol–water partition coefficient (Wildman–Crippen LogP) is 3.03. The summed E-state index contributed by atoms with van der Waals surface area (Å²) >= 11 is 0. The van der Waals surface area contributed by atoms with Gasteiger partial charge in [-0.1, -0.05) is 17.7 Å². The Morgan fingerprint density at radius 2 is 1.73 bits per heavy atom. The Balaban J connectivity index is 1.36. The van der Waals surface area contributed by atoms with Crippen LogP contribution in [0.1, 0.15) is 24.0 Å². The molecule has 4 rings (SSSR count). The molecule has 0 spiro atoms. The first kappa shape index (κ1) is 32.3. The highest BCUT2D eigenvalue weighted by Gasteiger charge is 2.28. The maximum atomic E-state index is 13.7. The number of hydrogen-bond donors (Lipinski definition) is 2. The van der Waals surface area contributed by atoms with Crippen LogP contribution in [0.4, 0.5) is 5.69 Å². The summed E-state index contributed by atoms with van der Waals surface area (Å²) in [5, 5.41) is 6.77. The van der Waals surface area contributed by atoms with Gasteiger partial charge in [0.05, 0.1) is 37.1 Å². The van der Waals surface area contributed by atoms with Crippen LogP contribution < -0.4 is 29.3 Å². The van der Waals surface area contributed by atoms with Gasteiger partial charge in [0.25, 0.3) is 21.8 Å². The predicted molar refractivity (Wildman–Crippen MR) is 165 cm³/mol. The van der Waals surface area contributed by atoms with E-state index in [1.165, 1.54) is 38.6 Å². The van der Waals surface area contributed by atoms with Crippen LogP contribution in [0.2, 0.25) is 0 Å². The average Bonchev–Trinajstić information content (AvgIpc) is 3.56. The molecule has 2 amide bonds. The van der Waals surface area contributed by atoms with Gasteiger partial charge in [0.2, 0.25) is 0 Å². The largest absolute Gasteiger partial charge is 0.493 e. The number of nitrogens with one attached hydrogen (secondary N) is 2. The van der Waals surface area contributed by atoms with Crippen molar-refractivity contribution in [2.24, 2.45) is 5.10 Å². The van der Waals surface area contributed by atoms with Crippen LogP contribution in [0, 0.1) is 6.92 Å². The zero-order valence-electron chi connectivity index (χ0n) is 24.8. The maximum Gasteiger partial charge on any atom is 0.264 e. The minimum Gasteiger partial charge on any atom is -0.493 e. The molecule has 0 aliphatic carbocycles. The van der Waals surface area contributed by atoms with Crippen molar-refractivity contribution in [3.05, 3.63) is 77.9 Å². The smallest absolute Gasteiger partial charge is 0.264 e. The molecule has 0 saturated carbocycles. The number of nitrogens with zero attached hydrogens (tertiary/aromatic N) is 2. The molecule has 13 heteroatoms. The number of sulfonamides is 1. The molecule has 0 radical (unpaired) electrons. The number of aryl methyl sites for hydroxylation is 1. The van der Waals surface area contributed by atoms with Crippen LogP contribution in [0.5, 0.6) is 17.2 Å². The van der Waals surface area contributed by atoms with Crippen molar-refractivity contribution in [1.29, 1.82) is 0 Å². The molecule has 1 heterocycles. The third kappa shape index (κ3) is 8.71. The Kier molecular flexibility index (Phi) is 11.2. The summed E-state index contributed by atoms with van der Waals surface area (Å²) in [6.07, 6.45) is 3.42. The molecule has 0 bridgehead atoms. The van der Waals surface area contributed by atoms with E-state index in [0.29, 0.717) is 29.3 Å². The van der Waals surface area contributed by atoms with Crippen molar-refractivity contribution in [3.8, 4) is 17.2 Å². The molecule has 1 atom stereocenters. The van der Waals surface area contributed by atoms with E-state index in [2.05, 4.69) is 15.8 Å². The number of amides is 2. The van der Waals surface area contributed by atoms with E-state index >= 15 is 0 Å². The zero-order chi connectivity index (χ0) is 31.5. The van der Waals surface area contributed by atoms with Crippen LogP contribution in [0.15, 0.2) is 76.7 Å². The maximum absolute atomic E-state index is 13.7. The molecule has 1 fully saturated rings. The van der Waals surface area contributed by atoms with Crippen molar-refractivity contribution in [1.82, 2.24) is 10.7 Å². The van der Waals surface area contributed by atoms with Crippen molar-refractivity contribution in [2.45, 2.75) is 30.8 Å². The van der Waals surface area contributed by atoms with Gasteiger partial charge in [-0.05, 0) is 73.9 Å². The summed E-state index contributed by atoms with van der Waals surface area (Å²) in [6.45, 7) is 2.42.